The van der Waals surface area contributed by atoms with Crippen molar-refractivity contribution in [2.45, 2.75) is 90.3 Å². The summed E-state index contributed by atoms with van der Waals surface area (Å²) in [5.41, 5.74) is -1.04. The Morgan fingerprint density at radius 2 is 1.24 bits per heavy atom. The van der Waals surface area contributed by atoms with Gasteiger partial charge in [-0.25, -0.2) is 0 Å². The number of rotatable bonds is 14. The molecule has 0 bridgehead atoms. The first-order chi connectivity index (χ1) is 12.5. The van der Waals surface area contributed by atoms with Crippen molar-refractivity contribution in [2.75, 3.05) is 25.2 Å². The van der Waals surface area contributed by atoms with Crippen LogP contribution in [0.3, 0.4) is 0 Å². The summed E-state index contributed by atoms with van der Waals surface area (Å²) in [5.74, 6) is 0. The Morgan fingerprint density at radius 1 is 0.828 bits per heavy atom. The van der Waals surface area contributed by atoms with E-state index in [9.17, 15) is 10.2 Å². The first-order valence-electron chi connectivity index (χ1n) is 9.95. The molecule has 0 spiro atoms. The van der Waals surface area contributed by atoms with Crippen LogP contribution in [0, 0.1) is 0 Å². The third-order valence-electron chi connectivity index (χ3n) is 3.37. The molecule has 0 atom stereocenters. The molecule has 0 fully saturated rings. The van der Waals surface area contributed by atoms with Gasteiger partial charge in [-0.05, 0) is 53.4 Å². The van der Waals surface area contributed by atoms with E-state index in [0.717, 1.165) is 63.3 Å². The van der Waals surface area contributed by atoms with Crippen molar-refractivity contribution in [2.24, 2.45) is 0 Å². The Kier molecular flexibility index (Phi) is 41.3. The Bertz CT molecular complexity index is 315. The number of aliphatic hydroxyl groups is 3. The molecule has 0 amide bonds. The van der Waals surface area contributed by atoms with Crippen LogP contribution >= 0.6 is 15.9 Å². The van der Waals surface area contributed by atoms with Crippen molar-refractivity contribution in [3.8, 4) is 0 Å². The first-order valence-corrected chi connectivity index (χ1v) is 11.1. The molecule has 0 rings (SSSR count). The van der Waals surface area contributed by atoms with Gasteiger partial charge in [0.15, 0.2) is 0 Å². The summed E-state index contributed by atoms with van der Waals surface area (Å²) in [7, 11) is 0. The predicted octanol–water partition coefficient (Wildman–Crippen LogP) is 2.22. The van der Waals surface area contributed by atoms with Crippen LogP contribution in [0.25, 0.3) is 0 Å². The molecule has 0 heterocycles. The van der Waals surface area contributed by atoms with Gasteiger partial charge in [-0.2, -0.15) is 0 Å². The molecule has 0 aromatic heterocycles. The van der Waals surface area contributed by atoms with Crippen LogP contribution in [0.5, 0.6) is 0 Å². The van der Waals surface area contributed by atoms with Crippen molar-refractivity contribution in [3.63, 3.8) is 0 Å². The molecular formula is C22H46BrKO5. The topological polar surface area (TPSA) is 99.9 Å². The molecule has 7 heteroatoms. The molecule has 0 aliphatic rings. The second-order valence-corrected chi connectivity index (χ2v) is 8.42. The molecule has 0 aliphatic heterocycles. The maximum absolute atomic E-state index is 9.41. The predicted molar refractivity (Wildman–Crippen MR) is 124 cm³/mol. The van der Waals surface area contributed by atoms with Crippen LogP contribution in [0.2, 0.25) is 0 Å². The van der Waals surface area contributed by atoms with Gasteiger partial charge in [0.1, 0.15) is 0 Å². The second-order valence-electron chi connectivity index (χ2n) is 7.78. The van der Waals surface area contributed by atoms with Gasteiger partial charge in [-0.1, -0.05) is 53.8 Å². The zero-order chi connectivity index (χ0) is 21.6. The molecule has 4 N–H and O–H groups in total. The molecule has 0 unspecified atom stereocenters. The molecule has 29 heavy (non-hydrogen) atoms. The first kappa shape index (κ1) is 40.7. The van der Waals surface area contributed by atoms with Crippen molar-refractivity contribution in [3.05, 3.63) is 25.3 Å². The van der Waals surface area contributed by atoms with Crippen LogP contribution in [-0.4, -0.2) is 57.1 Å². The van der Waals surface area contributed by atoms with Gasteiger partial charge in [-0.3, -0.25) is 0 Å². The maximum atomic E-state index is 9.41. The van der Waals surface area contributed by atoms with Gasteiger partial charge < -0.3 is 25.5 Å². The number of ether oxygens (including phenoxy) is 1. The van der Waals surface area contributed by atoms with Gasteiger partial charge in [-0.15, -0.1) is 13.2 Å². The molecule has 0 saturated carbocycles. The molecule has 0 saturated heterocycles. The van der Waals surface area contributed by atoms with E-state index < -0.39 is 11.2 Å². The standard InChI is InChI=1S/C11H22O2.C8H18O2.C3H5Br.K.H2O/c1-4-9-13-10-7-5-6-8-11(2,3)12;1-8(2,10)6-4-3-5-7-9;1-2-3-4;;/h4,12H,1,5-10H2,2-3H3;9-10H,3-7H2,1-2H3;2H,1,3H2;;1H2/q;;;+1;/p-1. The summed E-state index contributed by atoms with van der Waals surface area (Å²) in [6.07, 6.45) is 11.4. The summed E-state index contributed by atoms with van der Waals surface area (Å²) >= 11 is 3.13. The Hall–Kier alpha value is 1.40. The van der Waals surface area contributed by atoms with E-state index in [1.54, 1.807) is 12.2 Å². The van der Waals surface area contributed by atoms with Crippen LogP contribution in [0.15, 0.2) is 25.3 Å². The van der Waals surface area contributed by atoms with Gasteiger partial charge in [0.25, 0.3) is 0 Å². The average Bonchev–Trinajstić information content (AvgIpc) is 2.57. The van der Waals surface area contributed by atoms with Gasteiger partial charge in [0.2, 0.25) is 0 Å². The zero-order valence-corrected chi connectivity index (χ0v) is 24.3. The smallest absolute Gasteiger partial charge is 0.870 e. The Balaban J connectivity index is -0.000000107. The van der Waals surface area contributed by atoms with Crippen LogP contribution in [0.1, 0.15) is 79.1 Å². The number of allylic oxidation sites excluding steroid dienone is 1. The fourth-order valence-corrected chi connectivity index (χ4v) is 1.95. The van der Waals surface area contributed by atoms with Gasteiger partial charge >= 0.3 is 51.4 Å². The number of unbranched alkanes of at least 4 members (excludes halogenated alkanes) is 4. The monoisotopic (exact) mass is 508 g/mol. The van der Waals surface area contributed by atoms with Crippen molar-refractivity contribution < 1.29 is 76.9 Å². The van der Waals surface area contributed by atoms with Crippen LogP contribution < -0.4 is 51.4 Å². The fourth-order valence-electron chi connectivity index (χ4n) is 1.95. The minimum Gasteiger partial charge on any atom is -0.870 e. The minimum atomic E-state index is -0.532. The van der Waals surface area contributed by atoms with Gasteiger partial charge in [0.05, 0.1) is 17.8 Å². The van der Waals surface area contributed by atoms with E-state index in [-0.39, 0.29) is 63.5 Å². The Morgan fingerprint density at radius 3 is 1.55 bits per heavy atom. The number of hydrogen-bond acceptors (Lipinski definition) is 5. The average molecular weight is 510 g/mol. The van der Waals surface area contributed by atoms with E-state index in [2.05, 4.69) is 29.1 Å². The zero-order valence-electron chi connectivity index (χ0n) is 19.6. The molecule has 0 radical (unpaired) electrons. The minimum absolute atomic E-state index is 0. The summed E-state index contributed by atoms with van der Waals surface area (Å²) < 4.78 is 5.23. The quantitative estimate of drug-likeness (QED) is 0.144. The SMILES string of the molecule is C=CCBr.C=CCOCCCCCC(C)(C)O.CC(C)(O)CCCCCO.[K+].[OH-]. The van der Waals surface area contributed by atoms with E-state index in [0.29, 0.717) is 6.61 Å². The molecule has 0 aromatic carbocycles. The molecule has 0 aliphatic carbocycles. The third kappa shape index (κ3) is 58.6. The number of alkyl halides is 1. The number of aliphatic hydroxyl groups excluding tert-OH is 1. The van der Waals surface area contributed by atoms with E-state index in [1.807, 2.05) is 27.7 Å². The summed E-state index contributed by atoms with van der Waals surface area (Å²) in [5, 5.41) is 28.0. The van der Waals surface area contributed by atoms with Crippen molar-refractivity contribution >= 4 is 15.9 Å². The van der Waals surface area contributed by atoms with E-state index >= 15 is 0 Å². The summed E-state index contributed by atoms with van der Waals surface area (Å²) in [4.78, 5) is 0. The molecule has 0 aromatic rings. The third-order valence-corrected chi connectivity index (χ3v) is 3.83. The summed E-state index contributed by atoms with van der Waals surface area (Å²) in [6, 6.07) is 0. The van der Waals surface area contributed by atoms with Gasteiger partial charge in [0, 0.05) is 18.5 Å². The summed E-state index contributed by atoms with van der Waals surface area (Å²) in [6.45, 7) is 16.0. The molecule has 5 nitrogen and oxygen atoms in total. The number of halogens is 1. The number of hydrogen-bond donors (Lipinski definition) is 3. The molecular weight excluding hydrogens is 463 g/mol. The van der Waals surface area contributed by atoms with Crippen LogP contribution in [0.4, 0.5) is 0 Å². The molecule has 172 valence electrons. The largest absolute Gasteiger partial charge is 1.00 e. The van der Waals surface area contributed by atoms with Crippen LogP contribution in [-0.2, 0) is 4.74 Å². The van der Waals surface area contributed by atoms with Crippen molar-refractivity contribution in [1.82, 2.24) is 0 Å². The fraction of sp³-hybridized carbons (Fsp3) is 0.818. The van der Waals surface area contributed by atoms with Crippen molar-refractivity contribution in [1.29, 1.82) is 0 Å². The second kappa shape index (κ2) is 29.4. The maximum Gasteiger partial charge on any atom is 1.00 e. The van der Waals surface area contributed by atoms with E-state index in [1.165, 1.54) is 0 Å². The Labute approximate surface area is 231 Å². The normalized spacial score (nSPS) is 10.2. The van der Waals surface area contributed by atoms with E-state index in [4.69, 9.17) is 9.84 Å².